The molecule has 4 nitrogen and oxygen atoms in total. The Labute approximate surface area is 159 Å². The van der Waals surface area contributed by atoms with Gasteiger partial charge >= 0.3 is 0 Å². The van der Waals surface area contributed by atoms with Gasteiger partial charge in [-0.2, -0.15) is 0 Å². The maximum absolute atomic E-state index is 6.24. The average molecular weight is 374 g/mol. The van der Waals surface area contributed by atoms with Crippen LogP contribution in [0.15, 0.2) is 36.4 Å². The summed E-state index contributed by atoms with van der Waals surface area (Å²) in [5.41, 5.74) is 3.34. The van der Waals surface area contributed by atoms with Gasteiger partial charge in [-0.05, 0) is 44.0 Å². The van der Waals surface area contributed by atoms with Crippen molar-refractivity contribution in [2.45, 2.75) is 31.9 Å². The predicted octanol–water partition coefficient (Wildman–Crippen LogP) is 5.38. The smallest absolute Gasteiger partial charge is 0.165 e. The van der Waals surface area contributed by atoms with Crippen molar-refractivity contribution in [3.63, 3.8) is 0 Å². The van der Waals surface area contributed by atoms with Gasteiger partial charge in [-0.1, -0.05) is 23.7 Å². The molecule has 1 saturated heterocycles. The summed E-state index contributed by atoms with van der Waals surface area (Å²) in [7, 11) is 1.70. The molecule has 0 saturated carbocycles. The summed E-state index contributed by atoms with van der Waals surface area (Å²) in [5, 5.41) is 4.45. The SMILES string of the molecule is CCOc1cccc([C@H]2Nc3ccc(Cl)cc3[C@H]3OCCC[C@@H]23)c1OC. The molecule has 2 aliphatic rings. The molecule has 3 atom stereocenters. The van der Waals surface area contributed by atoms with Crippen LogP contribution in [0.3, 0.4) is 0 Å². The van der Waals surface area contributed by atoms with E-state index in [0.717, 1.165) is 52.8 Å². The summed E-state index contributed by atoms with van der Waals surface area (Å²) in [6, 6.07) is 12.2. The van der Waals surface area contributed by atoms with Crippen molar-refractivity contribution in [2.24, 2.45) is 5.92 Å². The van der Waals surface area contributed by atoms with Gasteiger partial charge in [0.05, 0.1) is 25.9 Å². The van der Waals surface area contributed by atoms with E-state index in [1.807, 2.05) is 37.3 Å². The summed E-state index contributed by atoms with van der Waals surface area (Å²) in [5.74, 6) is 1.90. The number of para-hydroxylation sites is 1. The molecule has 0 unspecified atom stereocenters. The quantitative estimate of drug-likeness (QED) is 0.780. The van der Waals surface area contributed by atoms with Crippen molar-refractivity contribution in [3.05, 3.63) is 52.5 Å². The third kappa shape index (κ3) is 3.01. The van der Waals surface area contributed by atoms with Gasteiger partial charge in [-0.15, -0.1) is 0 Å². The Morgan fingerprint density at radius 3 is 2.92 bits per heavy atom. The number of methoxy groups -OCH3 is 1. The minimum Gasteiger partial charge on any atom is -0.492 e. The molecule has 0 radical (unpaired) electrons. The number of hydrogen-bond acceptors (Lipinski definition) is 4. The Morgan fingerprint density at radius 1 is 1.23 bits per heavy atom. The molecule has 5 heteroatoms. The number of hydrogen-bond donors (Lipinski definition) is 1. The van der Waals surface area contributed by atoms with Crippen molar-refractivity contribution in [2.75, 3.05) is 25.6 Å². The molecule has 26 heavy (non-hydrogen) atoms. The number of fused-ring (bicyclic) bond motifs is 3. The number of nitrogens with one attached hydrogen (secondary N) is 1. The number of benzene rings is 2. The molecule has 138 valence electrons. The van der Waals surface area contributed by atoms with E-state index in [9.17, 15) is 0 Å². The van der Waals surface area contributed by atoms with Crippen LogP contribution < -0.4 is 14.8 Å². The normalized spacial score (nSPS) is 24.2. The highest BCUT2D eigenvalue weighted by atomic mass is 35.5. The van der Waals surface area contributed by atoms with Gasteiger partial charge in [0.15, 0.2) is 11.5 Å². The standard InChI is InChI=1S/C21H24ClNO3/c1-3-25-18-8-4-6-15(21(18)24-2)19-14-7-5-11-26-20(14)16-12-13(22)9-10-17(16)23-19/h4,6,8-10,12,14,19-20,23H,3,5,7,11H2,1-2H3/t14-,19-,20-/m0/s1. The zero-order valence-electron chi connectivity index (χ0n) is 15.1. The zero-order chi connectivity index (χ0) is 18.1. The zero-order valence-corrected chi connectivity index (χ0v) is 15.9. The van der Waals surface area contributed by atoms with Gasteiger partial charge < -0.3 is 19.5 Å². The van der Waals surface area contributed by atoms with Crippen LogP contribution in [-0.4, -0.2) is 20.3 Å². The van der Waals surface area contributed by atoms with Crippen molar-refractivity contribution in [1.29, 1.82) is 0 Å². The summed E-state index contributed by atoms with van der Waals surface area (Å²) in [4.78, 5) is 0. The number of halogens is 1. The minimum atomic E-state index is 0.0455. The predicted molar refractivity (Wildman–Crippen MR) is 103 cm³/mol. The Morgan fingerprint density at radius 2 is 2.12 bits per heavy atom. The Bertz CT molecular complexity index is 795. The molecule has 0 aliphatic carbocycles. The topological polar surface area (TPSA) is 39.7 Å². The second kappa shape index (κ2) is 7.37. The Balaban J connectivity index is 1.79. The highest BCUT2D eigenvalue weighted by Gasteiger charge is 2.41. The summed E-state index contributed by atoms with van der Waals surface area (Å²) in [6.07, 6.45) is 2.20. The largest absolute Gasteiger partial charge is 0.492 e. The molecular weight excluding hydrogens is 350 g/mol. The van der Waals surface area contributed by atoms with Crippen LogP contribution in [0.2, 0.25) is 5.02 Å². The fourth-order valence-electron chi connectivity index (χ4n) is 4.21. The lowest BCUT2D eigenvalue weighted by Gasteiger charge is -2.43. The van der Waals surface area contributed by atoms with Gasteiger partial charge in [0.1, 0.15) is 0 Å². The molecule has 2 aliphatic heterocycles. The molecule has 2 aromatic rings. The van der Waals surface area contributed by atoms with E-state index in [1.165, 1.54) is 0 Å². The first-order valence-corrected chi connectivity index (χ1v) is 9.58. The molecule has 0 spiro atoms. The second-order valence-corrected chi connectivity index (χ2v) is 7.20. The fraction of sp³-hybridized carbons (Fsp3) is 0.429. The average Bonchev–Trinajstić information content (AvgIpc) is 2.67. The molecule has 0 aromatic heterocycles. The summed E-state index contributed by atoms with van der Waals surface area (Å²) < 4.78 is 17.7. The molecule has 1 fully saturated rings. The third-order valence-electron chi connectivity index (χ3n) is 5.28. The van der Waals surface area contributed by atoms with Crippen LogP contribution in [0, 0.1) is 5.92 Å². The van der Waals surface area contributed by atoms with Crippen LogP contribution in [0.5, 0.6) is 11.5 Å². The fourth-order valence-corrected chi connectivity index (χ4v) is 4.40. The second-order valence-electron chi connectivity index (χ2n) is 6.76. The Kier molecular flexibility index (Phi) is 4.96. The van der Waals surface area contributed by atoms with Crippen molar-refractivity contribution >= 4 is 17.3 Å². The summed E-state index contributed by atoms with van der Waals surface area (Å²) >= 11 is 6.24. The number of rotatable bonds is 4. The Hall–Kier alpha value is -1.91. The van der Waals surface area contributed by atoms with E-state index in [4.69, 9.17) is 25.8 Å². The molecule has 1 N–H and O–H groups in total. The highest BCUT2D eigenvalue weighted by molar-refractivity contribution is 6.30. The highest BCUT2D eigenvalue weighted by Crippen LogP contribution is 2.51. The first-order chi connectivity index (χ1) is 12.7. The first-order valence-electron chi connectivity index (χ1n) is 9.20. The van der Waals surface area contributed by atoms with E-state index >= 15 is 0 Å². The molecule has 4 rings (SSSR count). The van der Waals surface area contributed by atoms with Crippen molar-refractivity contribution in [3.8, 4) is 11.5 Å². The molecule has 0 amide bonds. The van der Waals surface area contributed by atoms with Crippen LogP contribution in [0.25, 0.3) is 0 Å². The lowest BCUT2D eigenvalue weighted by molar-refractivity contribution is -0.0383. The van der Waals surface area contributed by atoms with Crippen LogP contribution >= 0.6 is 11.6 Å². The maximum Gasteiger partial charge on any atom is 0.165 e. The minimum absolute atomic E-state index is 0.0455. The van der Waals surface area contributed by atoms with Crippen molar-refractivity contribution < 1.29 is 14.2 Å². The number of ether oxygens (including phenoxy) is 3. The maximum atomic E-state index is 6.24. The van der Waals surface area contributed by atoms with E-state index < -0.39 is 0 Å². The molecular formula is C21H24ClNO3. The van der Waals surface area contributed by atoms with E-state index in [1.54, 1.807) is 7.11 Å². The monoisotopic (exact) mass is 373 g/mol. The van der Waals surface area contributed by atoms with Crippen LogP contribution in [-0.2, 0) is 4.74 Å². The number of anilines is 1. The third-order valence-corrected chi connectivity index (χ3v) is 5.51. The van der Waals surface area contributed by atoms with Gasteiger partial charge in [0.2, 0.25) is 0 Å². The van der Waals surface area contributed by atoms with Gasteiger partial charge in [0.25, 0.3) is 0 Å². The molecule has 2 heterocycles. The van der Waals surface area contributed by atoms with E-state index in [-0.39, 0.29) is 12.1 Å². The van der Waals surface area contributed by atoms with Crippen LogP contribution in [0.1, 0.15) is 43.0 Å². The lowest BCUT2D eigenvalue weighted by atomic mass is 9.77. The summed E-state index contributed by atoms with van der Waals surface area (Å²) in [6.45, 7) is 3.38. The van der Waals surface area contributed by atoms with Crippen molar-refractivity contribution in [1.82, 2.24) is 0 Å². The molecule has 0 bridgehead atoms. The van der Waals surface area contributed by atoms with E-state index in [2.05, 4.69) is 11.4 Å². The first kappa shape index (κ1) is 17.5. The molecule has 2 aromatic carbocycles. The van der Waals surface area contributed by atoms with Gasteiger partial charge in [-0.25, -0.2) is 0 Å². The van der Waals surface area contributed by atoms with Crippen LogP contribution in [0.4, 0.5) is 5.69 Å². The van der Waals surface area contributed by atoms with Gasteiger partial charge in [-0.3, -0.25) is 0 Å². The lowest BCUT2D eigenvalue weighted by Crippen LogP contribution is -2.36. The van der Waals surface area contributed by atoms with Gasteiger partial charge in [0, 0.05) is 34.4 Å². The van der Waals surface area contributed by atoms with E-state index in [0.29, 0.717) is 12.5 Å².